The molecular formula is C12H12N4O5S. The van der Waals surface area contributed by atoms with E-state index in [4.69, 9.17) is 0 Å². The van der Waals surface area contributed by atoms with Crippen LogP contribution < -0.4 is 15.1 Å². The Hall–Kier alpha value is -2.62. The first kappa shape index (κ1) is 15.8. The highest BCUT2D eigenvalue weighted by Gasteiger charge is 2.17. The van der Waals surface area contributed by atoms with Crippen molar-refractivity contribution in [3.8, 4) is 5.95 Å². The smallest absolute Gasteiger partial charge is 0.291 e. The Bertz CT molecular complexity index is 711. The maximum absolute atomic E-state index is 11.9. The van der Waals surface area contributed by atoms with E-state index in [2.05, 4.69) is 15.1 Å². The minimum absolute atomic E-state index is 0.0492. The second-order valence-electron chi connectivity index (χ2n) is 4.38. The fourth-order valence-electron chi connectivity index (χ4n) is 1.64. The molecule has 1 amide bonds. The topological polar surface area (TPSA) is 125 Å². The number of nitrogens with one attached hydrogen (secondary N) is 1. The van der Waals surface area contributed by atoms with Crippen LogP contribution in [0.1, 0.15) is 5.56 Å². The summed E-state index contributed by atoms with van der Waals surface area (Å²) in [5, 5.41) is 28.3. The predicted octanol–water partition coefficient (Wildman–Crippen LogP) is 0.520. The van der Waals surface area contributed by atoms with Gasteiger partial charge >= 0.3 is 0 Å². The number of nitrogens with zero attached hydrogens (tertiary/aromatic N) is 3. The van der Waals surface area contributed by atoms with Crippen LogP contribution in [0.15, 0.2) is 27.7 Å². The molecule has 0 aliphatic rings. The van der Waals surface area contributed by atoms with Gasteiger partial charge in [-0.1, -0.05) is 10.7 Å². The molecule has 1 aromatic carbocycles. The second-order valence-corrected chi connectivity index (χ2v) is 5.35. The van der Waals surface area contributed by atoms with Crippen molar-refractivity contribution in [3.63, 3.8) is 0 Å². The normalized spacial score (nSPS) is 10.5. The summed E-state index contributed by atoms with van der Waals surface area (Å²) in [6.45, 7) is 1.72. The van der Waals surface area contributed by atoms with Crippen molar-refractivity contribution in [2.45, 2.75) is 11.9 Å². The van der Waals surface area contributed by atoms with Crippen LogP contribution in [0.5, 0.6) is 5.95 Å². The minimum atomic E-state index is -0.619. The number of anilines is 1. The van der Waals surface area contributed by atoms with Crippen molar-refractivity contribution in [1.29, 1.82) is 0 Å². The molecule has 0 spiro atoms. The van der Waals surface area contributed by atoms with Crippen LogP contribution in [0.4, 0.5) is 11.4 Å². The quantitative estimate of drug-likeness (QED) is 0.368. The summed E-state index contributed by atoms with van der Waals surface area (Å²) in [4.78, 5) is 22.1. The Balaban J connectivity index is 2.03. The number of nitro groups is 1. The van der Waals surface area contributed by atoms with E-state index in [-0.39, 0.29) is 16.5 Å². The number of hydrogen-bond acceptors (Lipinski definition) is 7. The fraction of sp³-hybridized carbons (Fsp3) is 0.250. The maximum Gasteiger partial charge on any atom is 0.291 e. The van der Waals surface area contributed by atoms with Crippen LogP contribution in [0, 0.1) is 17.0 Å². The highest BCUT2D eigenvalue weighted by Crippen LogP contribution is 2.24. The van der Waals surface area contributed by atoms with Crippen LogP contribution in [-0.2, 0) is 11.8 Å². The molecule has 0 unspecified atom stereocenters. The van der Waals surface area contributed by atoms with E-state index in [1.807, 2.05) is 0 Å². The molecule has 10 heteroatoms. The monoisotopic (exact) mass is 324 g/mol. The van der Waals surface area contributed by atoms with Gasteiger partial charge in [-0.3, -0.25) is 14.9 Å². The molecule has 0 atom stereocenters. The number of non-ortho nitro benzene ring substituents is 1. The number of rotatable bonds is 5. The zero-order chi connectivity index (χ0) is 16.3. The average Bonchev–Trinajstić information content (AvgIpc) is 2.78. The van der Waals surface area contributed by atoms with E-state index in [0.29, 0.717) is 11.3 Å². The van der Waals surface area contributed by atoms with Gasteiger partial charge in [0.1, 0.15) is 0 Å². The minimum Gasteiger partial charge on any atom is -0.538 e. The first-order chi connectivity index (χ1) is 10.4. The fourth-order valence-corrected chi connectivity index (χ4v) is 2.35. The van der Waals surface area contributed by atoms with Crippen LogP contribution in [-0.4, -0.2) is 21.9 Å². The van der Waals surface area contributed by atoms with Crippen LogP contribution in [0.3, 0.4) is 0 Å². The van der Waals surface area contributed by atoms with Gasteiger partial charge in [0.15, 0.2) is 13.0 Å². The van der Waals surface area contributed by atoms with Crippen molar-refractivity contribution in [3.05, 3.63) is 33.9 Å². The zero-order valence-electron chi connectivity index (χ0n) is 11.7. The third-order valence-corrected chi connectivity index (χ3v) is 3.87. The second kappa shape index (κ2) is 6.43. The summed E-state index contributed by atoms with van der Waals surface area (Å²) < 4.78 is 5.67. The molecule has 9 nitrogen and oxygen atoms in total. The Kier molecular flexibility index (Phi) is 4.61. The number of amides is 1. The van der Waals surface area contributed by atoms with Crippen LogP contribution in [0.2, 0.25) is 0 Å². The van der Waals surface area contributed by atoms with Gasteiger partial charge in [0, 0.05) is 12.1 Å². The lowest BCUT2D eigenvalue weighted by Gasteiger charge is -2.07. The summed E-state index contributed by atoms with van der Waals surface area (Å²) in [6, 6.07) is 4.20. The largest absolute Gasteiger partial charge is 0.538 e. The summed E-state index contributed by atoms with van der Waals surface area (Å²) in [5.74, 6) is -1.06. The molecule has 1 N–H and O–H groups in total. The number of aromatic nitrogens is 2. The van der Waals surface area contributed by atoms with Crippen LogP contribution >= 0.6 is 11.8 Å². The lowest BCUT2D eigenvalue weighted by atomic mass is 10.2. The van der Waals surface area contributed by atoms with E-state index >= 15 is 0 Å². The van der Waals surface area contributed by atoms with Gasteiger partial charge in [-0.15, -0.1) is 0 Å². The SMILES string of the molecule is Cc1ccc([N+](=O)[O-])cc1NC(=O)CSc1c([O-])on[n+]1C. The first-order valence-electron chi connectivity index (χ1n) is 6.09. The molecule has 0 aliphatic carbocycles. The van der Waals surface area contributed by atoms with Crippen molar-refractivity contribution < 1.29 is 24.0 Å². The lowest BCUT2D eigenvalue weighted by molar-refractivity contribution is -0.772. The number of carbonyl (C=O) groups is 1. The molecule has 0 saturated heterocycles. The van der Waals surface area contributed by atoms with Gasteiger partial charge in [-0.05, 0) is 24.2 Å². The Morgan fingerprint density at radius 3 is 2.86 bits per heavy atom. The molecule has 0 fully saturated rings. The van der Waals surface area contributed by atoms with Crippen LogP contribution in [0.25, 0.3) is 0 Å². The third-order valence-electron chi connectivity index (χ3n) is 2.76. The Morgan fingerprint density at radius 2 is 2.27 bits per heavy atom. The third kappa shape index (κ3) is 3.52. The summed E-state index contributed by atoms with van der Waals surface area (Å²) in [7, 11) is 1.52. The number of nitro benzene ring substituents is 1. The van der Waals surface area contributed by atoms with E-state index in [9.17, 15) is 20.0 Å². The highest BCUT2D eigenvalue weighted by molar-refractivity contribution is 7.99. The number of thioether (sulfide) groups is 1. The van der Waals surface area contributed by atoms with E-state index < -0.39 is 16.8 Å². The van der Waals surface area contributed by atoms with Crippen molar-refractivity contribution >= 4 is 29.0 Å². The Morgan fingerprint density at radius 1 is 1.55 bits per heavy atom. The standard InChI is InChI=1S/C12H12N4O5S/c1-7-3-4-8(16(19)20)5-9(7)13-10(17)6-22-11-12(18)21-14-15(11)2/h3-5H,6H2,1-2H3,(H-,13,14,17,18). The molecule has 2 rings (SSSR count). The molecule has 0 aliphatic heterocycles. The maximum atomic E-state index is 11.9. The van der Waals surface area contributed by atoms with Crippen molar-refractivity contribution in [2.75, 3.05) is 11.1 Å². The van der Waals surface area contributed by atoms with Gasteiger partial charge in [-0.25, -0.2) is 0 Å². The van der Waals surface area contributed by atoms with E-state index in [1.165, 1.54) is 23.9 Å². The predicted molar refractivity (Wildman–Crippen MR) is 74.3 cm³/mol. The lowest BCUT2D eigenvalue weighted by Crippen LogP contribution is -2.32. The summed E-state index contributed by atoms with van der Waals surface area (Å²) in [6.07, 6.45) is 0. The molecule has 1 heterocycles. The Labute approximate surface area is 129 Å². The van der Waals surface area contributed by atoms with Gasteiger partial charge in [0.2, 0.25) is 5.91 Å². The highest BCUT2D eigenvalue weighted by atomic mass is 32.2. The summed E-state index contributed by atoms with van der Waals surface area (Å²) >= 11 is 0.972. The van der Waals surface area contributed by atoms with Gasteiger partial charge in [0.05, 0.1) is 21.6 Å². The van der Waals surface area contributed by atoms with Crippen molar-refractivity contribution in [2.24, 2.45) is 7.05 Å². The number of aryl methyl sites for hydroxylation is 2. The average molecular weight is 324 g/mol. The number of carbonyl (C=O) groups excluding carboxylic acids is 1. The first-order valence-corrected chi connectivity index (χ1v) is 7.07. The number of hydrogen-bond donors (Lipinski definition) is 1. The van der Waals surface area contributed by atoms with Crippen molar-refractivity contribution in [1.82, 2.24) is 5.27 Å². The molecule has 0 radical (unpaired) electrons. The number of benzene rings is 1. The van der Waals surface area contributed by atoms with E-state index in [0.717, 1.165) is 11.8 Å². The molecular weight excluding hydrogens is 312 g/mol. The van der Waals surface area contributed by atoms with Gasteiger partial charge in [-0.2, -0.15) is 0 Å². The molecule has 1 aromatic heterocycles. The molecule has 2 aromatic rings. The zero-order valence-corrected chi connectivity index (χ0v) is 12.5. The van der Waals surface area contributed by atoms with E-state index in [1.54, 1.807) is 13.0 Å². The van der Waals surface area contributed by atoms with Gasteiger partial charge in [0.25, 0.3) is 10.7 Å². The van der Waals surface area contributed by atoms with Gasteiger partial charge < -0.3 is 14.9 Å². The molecule has 0 saturated carbocycles. The molecule has 0 bridgehead atoms. The molecule has 22 heavy (non-hydrogen) atoms. The summed E-state index contributed by atoms with van der Waals surface area (Å²) in [5.41, 5.74) is 0.946. The molecule has 116 valence electrons.